The van der Waals surface area contributed by atoms with E-state index >= 15 is 0 Å². The van der Waals surface area contributed by atoms with Crippen LogP contribution < -0.4 is 5.73 Å². The number of hydrogen-bond donors (Lipinski definition) is 1. The first-order valence-corrected chi connectivity index (χ1v) is 7.31. The number of guanidine groups is 1. The minimum atomic E-state index is -1.02. The van der Waals surface area contributed by atoms with Crippen molar-refractivity contribution in [3.05, 3.63) is 47.3 Å². The van der Waals surface area contributed by atoms with Crippen LogP contribution in [0.3, 0.4) is 0 Å². The van der Waals surface area contributed by atoms with Gasteiger partial charge in [-0.1, -0.05) is 31.2 Å². The summed E-state index contributed by atoms with van der Waals surface area (Å²) < 4.78 is 0. The van der Waals surface area contributed by atoms with E-state index in [2.05, 4.69) is 16.6 Å². The second-order valence-corrected chi connectivity index (χ2v) is 5.73. The lowest BCUT2D eigenvalue weighted by molar-refractivity contribution is -0.129. The second-order valence-electron chi connectivity index (χ2n) is 5.29. The molecule has 0 saturated heterocycles. The number of allylic oxidation sites excluding steroid dienone is 1. The van der Waals surface area contributed by atoms with Gasteiger partial charge in [0.1, 0.15) is 0 Å². The van der Waals surface area contributed by atoms with Crippen LogP contribution in [0.15, 0.2) is 41.7 Å². The van der Waals surface area contributed by atoms with Gasteiger partial charge in [-0.2, -0.15) is 0 Å². The average Bonchev–Trinajstić information content (AvgIpc) is 2.72. The summed E-state index contributed by atoms with van der Waals surface area (Å²) >= 11 is 5.96. The first-order chi connectivity index (χ1) is 10.3. The zero-order valence-electron chi connectivity index (χ0n) is 12.9. The van der Waals surface area contributed by atoms with Crippen LogP contribution in [0.25, 0.3) is 5.57 Å². The molecular formula is C16H19ClN4O. The van der Waals surface area contributed by atoms with Gasteiger partial charge in [0, 0.05) is 19.4 Å². The van der Waals surface area contributed by atoms with Crippen LogP contribution >= 0.6 is 11.6 Å². The SMILES string of the molecule is C=C(/C=C(\C)c1cncc(Cl)c1)C1(CC)N=C(N)N(C)C1=O. The highest BCUT2D eigenvalue weighted by atomic mass is 35.5. The van der Waals surface area contributed by atoms with Crippen LogP contribution in [-0.2, 0) is 4.79 Å². The molecule has 1 aliphatic heterocycles. The van der Waals surface area contributed by atoms with E-state index < -0.39 is 5.54 Å². The average molecular weight is 319 g/mol. The smallest absolute Gasteiger partial charge is 0.261 e. The third-order valence-corrected chi connectivity index (χ3v) is 4.11. The Morgan fingerprint density at radius 1 is 1.55 bits per heavy atom. The summed E-state index contributed by atoms with van der Waals surface area (Å²) in [5.74, 6) is 0.0502. The highest BCUT2D eigenvalue weighted by molar-refractivity contribution is 6.30. The zero-order chi connectivity index (χ0) is 16.5. The van der Waals surface area contributed by atoms with E-state index in [9.17, 15) is 4.79 Å². The Morgan fingerprint density at radius 3 is 2.73 bits per heavy atom. The first-order valence-electron chi connectivity index (χ1n) is 6.94. The number of pyridine rings is 1. The van der Waals surface area contributed by atoms with Gasteiger partial charge < -0.3 is 5.73 Å². The van der Waals surface area contributed by atoms with Crippen molar-refractivity contribution >= 4 is 29.0 Å². The maximum Gasteiger partial charge on any atom is 0.261 e. The van der Waals surface area contributed by atoms with E-state index in [1.807, 2.05) is 26.0 Å². The van der Waals surface area contributed by atoms with Crippen LogP contribution in [0.4, 0.5) is 0 Å². The molecule has 0 aromatic carbocycles. The molecule has 0 saturated carbocycles. The number of halogens is 1. The molecule has 22 heavy (non-hydrogen) atoms. The van der Waals surface area contributed by atoms with Crippen molar-refractivity contribution in [2.45, 2.75) is 25.8 Å². The molecule has 116 valence electrons. The van der Waals surface area contributed by atoms with Crippen LogP contribution in [0.5, 0.6) is 0 Å². The largest absolute Gasteiger partial charge is 0.369 e. The van der Waals surface area contributed by atoms with Crippen molar-refractivity contribution in [2.75, 3.05) is 7.05 Å². The molecule has 1 aromatic heterocycles. The molecule has 0 fully saturated rings. The lowest BCUT2D eigenvalue weighted by Gasteiger charge is -2.24. The Kier molecular flexibility index (Phi) is 4.37. The monoisotopic (exact) mass is 318 g/mol. The fourth-order valence-corrected chi connectivity index (χ4v) is 2.63. The van der Waals surface area contributed by atoms with Gasteiger partial charge in [-0.25, -0.2) is 4.99 Å². The zero-order valence-corrected chi connectivity index (χ0v) is 13.7. The topological polar surface area (TPSA) is 71.6 Å². The van der Waals surface area contributed by atoms with Crippen LogP contribution in [0.1, 0.15) is 25.8 Å². The highest BCUT2D eigenvalue weighted by Gasteiger charge is 2.46. The number of aromatic nitrogens is 1. The molecule has 0 bridgehead atoms. The Morgan fingerprint density at radius 2 is 2.23 bits per heavy atom. The number of nitrogens with two attached hydrogens (primary N) is 1. The summed E-state index contributed by atoms with van der Waals surface area (Å²) in [4.78, 5) is 22.3. The van der Waals surface area contributed by atoms with E-state index in [4.69, 9.17) is 17.3 Å². The molecule has 1 unspecified atom stereocenters. The standard InChI is InChI=1S/C16H19ClN4O/c1-5-16(14(22)21(4)15(18)20-16)11(3)6-10(2)12-7-13(17)9-19-8-12/h6-9H,3,5H2,1-2,4H3,(H2,18,20)/b10-6+. The molecule has 1 aromatic rings. The molecule has 0 aliphatic carbocycles. The second kappa shape index (κ2) is 5.93. The number of rotatable bonds is 4. The molecule has 0 spiro atoms. The molecule has 6 heteroatoms. The van der Waals surface area contributed by atoms with Gasteiger partial charge in [-0.15, -0.1) is 0 Å². The normalized spacial score (nSPS) is 22.0. The minimum absolute atomic E-state index is 0.161. The van der Waals surface area contributed by atoms with Gasteiger partial charge in [0.25, 0.3) is 5.91 Å². The summed E-state index contributed by atoms with van der Waals surface area (Å²) in [5.41, 5.74) is 7.14. The molecule has 2 N–H and O–H groups in total. The lowest BCUT2D eigenvalue weighted by Crippen LogP contribution is -2.42. The fourth-order valence-electron chi connectivity index (χ4n) is 2.46. The summed E-state index contributed by atoms with van der Waals surface area (Å²) in [7, 11) is 1.61. The first kappa shape index (κ1) is 16.2. The fraction of sp³-hybridized carbons (Fsp3) is 0.312. The number of aliphatic imine (C=N–C) groups is 1. The maximum atomic E-state index is 12.5. The van der Waals surface area contributed by atoms with Gasteiger partial charge in [0.05, 0.1) is 5.02 Å². The number of amides is 1. The van der Waals surface area contributed by atoms with Crippen molar-refractivity contribution in [3.8, 4) is 0 Å². The maximum absolute atomic E-state index is 12.5. The molecule has 1 amide bonds. The quantitative estimate of drug-likeness (QED) is 0.867. The number of hydrogen-bond acceptors (Lipinski definition) is 4. The van der Waals surface area contributed by atoms with E-state index in [1.54, 1.807) is 19.4 Å². The number of carbonyl (C=O) groups is 1. The molecule has 1 aliphatic rings. The van der Waals surface area contributed by atoms with Gasteiger partial charge >= 0.3 is 0 Å². The molecular weight excluding hydrogens is 300 g/mol. The van der Waals surface area contributed by atoms with Gasteiger partial charge in [-0.3, -0.25) is 14.7 Å². The molecule has 2 heterocycles. The number of nitrogens with zero attached hydrogens (tertiary/aromatic N) is 3. The van der Waals surface area contributed by atoms with Crippen molar-refractivity contribution in [1.29, 1.82) is 0 Å². The summed E-state index contributed by atoms with van der Waals surface area (Å²) in [6, 6.07) is 1.81. The Hall–Kier alpha value is -2.14. The molecule has 1 atom stereocenters. The van der Waals surface area contributed by atoms with Crippen molar-refractivity contribution in [3.63, 3.8) is 0 Å². The van der Waals surface area contributed by atoms with Crippen LogP contribution in [0.2, 0.25) is 5.02 Å². The predicted octanol–water partition coefficient (Wildman–Crippen LogP) is 2.63. The summed E-state index contributed by atoms with van der Waals surface area (Å²) in [6.07, 6.45) is 5.61. The Bertz CT molecular complexity index is 695. The van der Waals surface area contributed by atoms with Crippen LogP contribution in [0, 0.1) is 0 Å². The van der Waals surface area contributed by atoms with E-state index in [0.29, 0.717) is 17.0 Å². The Balaban J connectivity index is 2.39. The lowest BCUT2D eigenvalue weighted by atomic mass is 9.86. The summed E-state index contributed by atoms with van der Waals surface area (Å²) in [5, 5.41) is 0.556. The van der Waals surface area contributed by atoms with Gasteiger partial charge in [0.2, 0.25) is 0 Å². The molecule has 0 radical (unpaired) electrons. The van der Waals surface area contributed by atoms with Crippen molar-refractivity contribution < 1.29 is 4.79 Å². The van der Waals surface area contributed by atoms with Crippen molar-refractivity contribution in [2.24, 2.45) is 10.7 Å². The van der Waals surface area contributed by atoms with Gasteiger partial charge in [0.15, 0.2) is 11.5 Å². The highest BCUT2D eigenvalue weighted by Crippen LogP contribution is 2.33. The van der Waals surface area contributed by atoms with E-state index in [1.165, 1.54) is 4.90 Å². The van der Waals surface area contributed by atoms with Crippen LogP contribution in [-0.4, -0.2) is 34.3 Å². The van der Waals surface area contributed by atoms with Gasteiger partial charge in [-0.05, 0) is 36.1 Å². The molecule has 2 rings (SSSR count). The Labute approximate surface area is 135 Å². The third kappa shape index (κ3) is 2.64. The van der Waals surface area contributed by atoms with E-state index in [0.717, 1.165) is 11.1 Å². The molecule has 5 nitrogen and oxygen atoms in total. The number of likely N-dealkylation sites (N-methyl/N-ethyl adjacent to an activating group) is 1. The third-order valence-electron chi connectivity index (χ3n) is 3.90. The van der Waals surface area contributed by atoms with Crippen molar-refractivity contribution in [1.82, 2.24) is 9.88 Å². The minimum Gasteiger partial charge on any atom is -0.369 e. The number of carbonyl (C=O) groups excluding carboxylic acids is 1. The predicted molar refractivity (Wildman–Crippen MR) is 89.5 cm³/mol. The summed E-state index contributed by atoms with van der Waals surface area (Å²) in [6.45, 7) is 7.85. The van der Waals surface area contributed by atoms with E-state index in [-0.39, 0.29) is 11.9 Å².